The van der Waals surface area contributed by atoms with Crippen molar-refractivity contribution in [3.63, 3.8) is 0 Å². The second-order valence-corrected chi connectivity index (χ2v) is 10.2. The summed E-state index contributed by atoms with van der Waals surface area (Å²) in [4.78, 5) is 21.2. The minimum Gasteiger partial charge on any atom is -0.349 e. The number of halogens is 3. The van der Waals surface area contributed by atoms with E-state index in [9.17, 15) is 26.4 Å². The highest BCUT2D eigenvalue weighted by molar-refractivity contribution is 7.89. The molecule has 1 N–H and O–H groups in total. The third-order valence-corrected chi connectivity index (χ3v) is 7.68. The molecule has 0 saturated carbocycles. The number of carbonyl (C=O) groups excluding carboxylic acids is 1. The maximum absolute atomic E-state index is 13.1. The first-order valence-corrected chi connectivity index (χ1v) is 12.3. The summed E-state index contributed by atoms with van der Waals surface area (Å²) < 4.78 is 65.9. The van der Waals surface area contributed by atoms with Crippen LogP contribution in [0.4, 0.5) is 13.2 Å². The third-order valence-electron chi connectivity index (χ3n) is 5.78. The first-order valence-electron chi connectivity index (χ1n) is 10.9. The topological polar surface area (TPSA) is 92.3 Å². The van der Waals surface area contributed by atoms with E-state index < -0.39 is 33.7 Å². The minimum absolute atomic E-state index is 0.0177. The standard InChI is InChI=1S/C24H23F3N4O3S/c1-16-4-2-5-20(12-16)35(33,34)31-11-3-6-22(31)23(32)28-14-19-13-21(30-15-29-19)17-7-9-18(10-8-17)24(25,26)27/h2,4-5,7-10,12-13,15,22H,3,6,11,14H2,1H3,(H,28,32). The number of alkyl halides is 3. The number of aromatic nitrogens is 2. The molecule has 1 atom stereocenters. The van der Waals surface area contributed by atoms with Gasteiger partial charge in [0.15, 0.2) is 0 Å². The third kappa shape index (κ3) is 5.51. The fraction of sp³-hybridized carbons (Fsp3) is 0.292. The van der Waals surface area contributed by atoms with Crippen LogP contribution in [0, 0.1) is 6.92 Å². The van der Waals surface area contributed by atoms with Crippen LogP contribution in [0.15, 0.2) is 65.8 Å². The van der Waals surface area contributed by atoms with Crippen molar-refractivity contribution in [2.24, 2.45) is 0 Å². The number of hydrogen-bond acceptors (Lipinski definition) is 5. The molecule has 1 saturated heterocycles. The van der Waals surface area contributed by atoms with Gasteiger partial charge in [-0.3, -0.25) is 4.79 Å². The number of benzene rings is 2. The highest BCUT2D eigenvalue weighted by atomic mass is 32.2. The number of nitrogens with one attached hydrogen (secondary N) is 1. The van der Waals surface area contributed by atoms with E-state index in [2.05, 4.69) is 15.3 Å². The lowest BCUT2D eigenvalue weighted by Crippen LogP contribution is -2.45. The second kappa shape index (κ2) is 9.74. The molecule has 2 heterocycles. The molecular formula is C24H23F3N4O3S. The van der Waals surface area contributed by atoms with E-state index in [1.54, 1.807) is 31.2 Å². The Hall–Kier alpha value is -3.31. The molecule has 1 aliphatic heterocycles. The zero-order valence-corrected chi connectivity index (χ0v) is 19.6. The summed E-state index contributed by atoms with van der Waals surface area (Å²) in [5, 5.41) is 2.73. The van der Waals surface area contributed by atoms with Crippen LogP contribution in [0.2, 0.25) is 0 Å². The first-order chi connectivity index (χ1) is 16.6. The van der Waals surface area contributed by atoms with Crippen molar-refractivity contribution < 1.29 is 26.4 Å². The fourth-order valence-corrected chi connectivity index (χ4v) is 5.74. The quantitative estimate of drug-likeness (QED) is 0.549. The van der Waals surface area contributed by atoms with Gasteiger partial charge in [-0.05, 0) is 55.7 Å². The summed E-state index contributed by atoms with van der Waals surface area (Å²) in [6, 6.07) is 11.9. The molecule has 7 nitrogen and oxygen atoms in total. The Morgan fingerprint density at radius 1 is 1.11 bits per heavy atom. The molecule has 0 aliphatic carbocycles. The van der Waals surface area contributed by atoms with Gasteiger partial charge in [0, 0.05) is 12.1 Å². The summed E-state index contributed by atoms with van der Waals surface area (Å²) >= 11 is 0. The van der Waals surface area contributed by atoms with Gasteiger partial charge in [-0.15, -0.1) is 0 Å². The summed E-state index contributed by atoms with van der Waals surface area (Å²) in [6.45, 7) is 2.07. The van der Waals surface area contributed by atoms with Crippen molar-refractivity contribution >= 4 is 15.9 Å². The maximum atomic E-state index is 13.1. The number of sulfonamides is 1. The summed E-state index contributed by atoms with van der Waals surface area (Å²) in [5.74, 6) is -0.437. The van der Waals surface area contributed by atoms with Gasteiger partial charge in [-0.1, -0.05) is 24.3 Å². The van der Waals surface area contributed by atoms with Crippen molar-refractivity contribution in [2.75, 3.05) is 6.54 Å². The normalized spacial score (nSPS) is 16.9. The fourth-order valence-electron chi connectivity index (χ4n) is 3.98. The van der Waals surface area contributed by atoms with Crippen molar-refractivity contribution in [2.45, 2.75) is 43.4 Å². The van der Waals surface area contributed by atoms with Gasteiger partial charge < -0.3 is 5.32 Å². The smallest absolute Gasteiger partial charge is 0.349 e. The summed E-state index contributed by atoms with van der Waals surface area (Å²) in [5.41, 5.74) is 1.36. The predicted octanol–water partition coefficient (Wildman–Crippen LogP) is 3.94. The second-order valence-electron chi connectivity index (χ2n) is 8.28. The molecule has 1 unspecified atom stereocenters. The van der Waals surface area contributed by atoms with Crippen molar-refractivity contribution in [1.82, 2.24) is 19.6 Å². The molecule has 1 aromatic heterocycles. The minimum atomic E-state index is -4.43. The molecule has 1 amide bonds. The monoisotopic (exact) mass is 504 g/mol. The number of aryl methyl sites for hydroxylation is 1. The van der Waals surface area contributed by atoms with E-state index in [4.69, 9.17) is 0 Å². The van der Waals surface area contributed by atoms with Gasteiger partial charge in [-0.25, -0.2) is 18.4 Å². The molecular weight excluding hydrogens is 481 g/mol. The molecule has 184 valence electrons. The van der Waals surface area contributed by atoms with Crippen LogP contribution >= 0.6 is 0 Å². The van der Waals surface area contributed by atoms with Crippen LogP contribution in [0.3, 0.4) is 0 Å². The molecule has 0 radical (unpaired) electrons. The first kappa shape index (κ1) is 24.8. The molecule has 1 fully saturated rings. The molecule has 4 rings (SSSR count). The van der Waals surface area contributed by atoms with Crippen LogP contribution in [-0.2, 0) is 27.5 Å². The Labute approximate surface area is 201 Å². The molecule has 3 aromatic rings. The molecule has 0 bridgehead atoms. The van der Waals surface area contributed by atoms with Crippen molar-refractivity contribution in [3.05, 3.63) is 77.7 Å². The van der Waals surface area contributed by atoms with Gasteiger partial charge in [0.05, 0.1) is 28.4 Å². The Morgan fingerprint density at radius 3 is 2.54 bits per heavy atom. The van der Waals surface area contributed by atoms with Gasteiger partial charge in [0.2, 0.25) is 15.9 Å². The van der Waals surface area contributed by atoms with Crippen molar-refractivity contribution in [3.8, 4) is 11.3 Å². The zero-order chi connectivity index (χ0) is 25.2. The Bertz CT molecular complexity index is 1330. The van der Waals surface area contributed by atoms with Gasteiger partial charge in [-0.2, -0.15) is 17.5 Å². The van der Waals surface area contributed by atoms with E-state index in [-0.39, 0.29) is 18.0 Å². The molecule has 1 aliphatic rings. The number of amides is 1. The van der Waals surface area contributed by atoms with E-state index >= 15 is 0 Å². The highest BCUT2D eigenvalue weighted by Gasteiger charge is 2.39. The summed E-state index contributed by atoms with van der Waals surface area (Å²) in [6.07, 6.45) is -2.20. The Morgan fingerprint density at radius 2 is 1.86 bits per heavy atom. The lowest BCUT2D eigenvalue weighted by Gasteiger charge is -2.23. The average molecular weight is 505 g/mol. The maximum Gasteiger partial charge on any atom is 0.416 e. The van der Waals surface area contributed by atoms with Crippen LogP contribution in [-0.4, -0.2) is 41.2 Å². The zero-order valence-electron chi connectivity index (χ0n) is 18.8. The largest absolute Gasteiger partial charge is 0.416 e. The van der Waals surface area contributed by atoms with Crippen LogP contribution in [0.25, 0.3) is 11.3 Å². The average Bonchev–Trinajstić information content (AvgIpc) is 3.33. The van der Waals surface area contributed by atoms with Gasteiger partial charge in [0.1, 0.15) is 12.4 Å². The Balaban J connectivity index is 1.45. The Kier molecular flexibility index (Phi) is 6.91. The van der Waals surface area contributed by atoms with Crippen LogP contribution < -0.4 is 5.32 Å². The van der Waals surface area contributed by atoms with E-state index in [1.165, 1.54) is 28.8 Å². The van der Waals surface area contributed by atoms with Gasteiger partial charge in [0.25, 0.3) is 0 Å². The lowest BCUT2D eigenvalue weighted by atomic mass is 10.1. The number of nitrogens with zero attached hydrogens (tertiary/aromatic N) is 3. The van der Waals surface area contributed by atoms with E-state index in [0.717, 1.165) is 17.7 Å². The molecule has 11 heteroatoms. The number of rotatable bonds is 6. The molecule has 2 aromatic carbocycles. The SMILES string of the molecule is Cc1cccc(S(=O)(=O)N2CCCC2C(=O)NCc2cc(-c3ccc(C(F)(F)F)cc3)ncn2)c1. The number of hydrogen-bond donors (Lipinski definition) is 1. The van der Waals surface area contributed by atoms with E-state index in [1.807, 2.05) is 0 Å². The predicted molar refractivity (Wildman–Crippen MR) is 122 cm³/mol. The van der Waals surface area contributed by atoms with Crippen LogP contribution in [0.1, 0.15) is 29.7 Å². The number of carbonyl (C=O) groups is 1. The van der Waals surface area contributed by atoms with Crippen molar-refractivity contribution in [1.29, 1.82) is 0 Å². The summed E-state index contributed by atoms with van der Waals surface area (Å²) in [7, 11) is -3.83. The molecule has 0 spiro atoms. The highest BCUT2D eigenvalue weighted by Crippen LogP contribution is 2.31. The van der Waals surface area contributed by atoms with Crippen LogP contribution in [0.5, 0.6) is 0 Å². The van der Waals surface area contributed by atoms with E-state index in [0.29, 0.717) is 29.8 Å². The molecule has 35 heavy (non-hydrogen) atoms. The lowest BCUT2D eigenvalue weighted by molar-refractivity contribution is -0.137. The van der Waals surface area contributed by atoms with Gasteiger partial charge >= 0.3 is 6.18 Å².